The first kappa shape index (κ1) is 8.59. The average molecular weight is 165 g/mol. The van der Waals surface area contributed by atoms with E-state index < -0.39 is 0 Å². The Morgan fingerprint density at radius 1 is 1.33 bits per heavy atom. The number of hydrogen-bond donors (Lipinski definition) is 1. The van der Waals surface area contributed by atoms with Gasteiger partial charge in [-0.25, -0.2) is 4.39 Å². The normalized spacial score (nSPS) is 9.50. The van der Waals surface area contributed by atoms with E-state index in [1.54, 1.807) is 0 Å². The standard InChI is InChI=1S/C9H8FNO/c1-6(11)9(12)7-2-4-8(10)5-3-7/h2-5,11H,1H3. The van der Waals surface area contributed by atoms with Crippen LogP contribution in [0.15, 0.2) is 24.3 Å². The second kappa shape index (κ2) is 3.26. The van der Waals surface area contributed by atoms with Gasteiger partial charge in [-0.1, -0.05) is 0 Å². The van der Waals surface area contributed by atoms with E-state index in [1.807, 2.05) is 0 Å². The molecular formula is C9H8FNO. The second-order valence-electron chi connectivity index (χ2n) is 2.46. The van der Waals surface area contributed by atoms with Crippen LogP contribution in [0.5, 0.6) is 0 Å². The van der Waals surface area contributed by atoms with E-state index in [2.05, 4.69) is 0 Å². The van der Waals surface area contributed by atoms with E-state index in [-0.39, 0.29) is 17.3 Å². The predicted molar refractivity (Wildman–Crippen MR) is 44.1 cm³/mol. The van der Waals surface area contributed by atoms with Gasteiger partial charge in [-0.05, 0) is 31.2 Å². The maximum atomic E-state index is 12.4. The highest BCUT2D eigenvalue weighted by Gasteiger charge is 2.06. The van der Waals surface area contributed by atoms with Crippen LogP contribution in [0.4, 0.5) is 4.39 Å². The highest BCUT2D eigenvalue weighted by molar-refractivity contribution is 6.44. The molecule has 0 aliphatic heterocycles. The third-order valence-corrected chi connectivity index (χ3v) is 1.45. The molecule has 0 saturated heterocycles. The van der Waals surface area contributed by atoms with E-state index in [0.29, 0.717) is 5.56 Å². The Hall–Kier alpha value is -1.51. The lowest BCUT2D eigenvalue weighted by Gasteiger charge is -1.96. The number of halogens is 1. The first-order valence-corrected chi connectivity index (χ1v) is 3.46. The van der Waals surface area contributed by atoms with Crippen LogP contribution in [0.3, 0.4) is 0 Å². The van der Waals surface area contributed by atoms with Crippen molar-refractivity contribution in [1.29, 1.82) is 5.41 Å². The lowest BCUT2D eigenvalue weighted by atomic mass is 10.1. The van der Waals surface area contributed by atoms with Crippen LogP contribution in [0.2, 0.25) is 0 Å². The minimum Gasteiger partial charge on any atom is -0.302 e. The molecule has 0 aliphatic carbocycles. The van der Waals surface area contributed by atoms with E-state index in [9.17, 15) is 9.18 Å². The van der Waals surface area contributed by atoms with Crippen LogP contribution in [-0.2, 0) is 0 Å². The molecule has 1 aromatic carbocycles. The minimum atomic E-state index is -0.380. The van der Waals surface area contributed by atoms with Crippen LogP contribution in [0.1, 0.15) is 17.3 Å². The SMILES string of the molecule is CC(=N)C(=O)c1ccc(F)cc1. The second-order valence-corrected chi connectivity index (χ2v) is 2.46. The van der Waals surface area contributed by atoms with Crippen molar-refractivity contribution in [2.45, 2.75) is 6.92 Å². The van der Waals surface area contributed by atoms with Gasteiger partial charge >= 0.3 is 0 Å². The van der Waals surface area contributed by atoms with Crippen molar-refractivity contribution < 1.29 is 9.18 Å². The summed E-state index contributed by atoms with van der Waals surface area (Å²) in [5.74, 6) is -0.746. The molecule has 0 radical (unpaired) electrons. The van der Waals surface area contributed by atoms with Crippen LogP contribution in [0.25, 0.3) is 0 Å². The molecule has 0 spiro atoms. The van der Waals surface area contributed by atoms with Gasteiger partial charge in [0, 0.05) is 5.56 Å². The lowest BCUT2D eigenvalue weighted by Crippen LogP contribution is -2.08. The number of carbonyl (C=O) groups is 1. The average Bonchev–Trinajstić information content (AvgIpc) is 2.04. The van der Waals surface area contributed by atoms with Crippen molar-refractivity contribution in [2.24, 2.45) is 0 Å². The zero-order chi connectivity index (χ0) is 9.14. The maximum absolute atomic E-state index is 12.4. The highest BCUT2D eigenvalue weighted by atomic mass is 19.1. The van der Waals surface area contributed by atoms with Crippen molar-refractivity contribution in [3.8, 4) is 0 Å². The number of rotatable bonds is 2. The summed E-state index contributed by atoms with van der Waals surface area (Å²) in [5.41, 5.74) is 0.311. The molecule has 0 unspecified atom stereocenters. The van der Waals surface area contributed by atoms with Crippen molar-refractivity contribution in [2.75, 3.05) is 0 Å². The van der Waals surface area contributed by atoms with Gasteiger partial charge in [0.1, 0.15) is 5.82 Å². The summed E-state index contributed by atoms with van der Waals surface area (Å²) in [6.45, 7) is 1.41. The van der Waals surface area contributed by atoms with Crippen molar-refractivity contribution in [3.63, 3.8) is 0 Å². The van der Waals surface area contributed by atoms with Crippen molar-refractivity contribution in [3.05, 3.63) is 35.6 Å². The van der Waals surface area contributed by atoms with E-state index >= 15 is 0 Å². The molecule has 3 heteroatoms. The van der Waals surface area contributed by atoms with Gasteiger partial charge < -0.3 is 5.41 Å². The Bertz CT molecular complexity index is 316. The fourth-order valence-corrected chi connectivity index (χ4v) is 0.818. The van der Waals surface area contributed by atoms with Gasteiger partial charge in [-0.15, -0.1) is 0 Å². The first-order valence-electron chi connectivity index (χ1n) is 3.46. The third kappa shape index (κ3) is 1.75. The molecule has 0 saturated carbocycles. The lowest BCUT2D eigenvalue weighted by molar-refractivity contribution is 0.106. The number of benzene rings is 1. The largest absolute Gasteiger partial charge is 0.302 e. The summed E-state index contributed by atoms with van der Waals surface area (Å²) in [4.78, 5) is 11.1. The molecule has 1 rings (SSSR count). The summed E-state index contributed by atoms with van der Waals surface area (Å²) in [6.07, 6.45) is 0. The van der Waals surface area contributed by atoms with Gasteiger partial charge in [0.15, 0.2) is 0 Å². The van der Waals surface area contributed by atoms with E-state index in [0.717, 1.165) is 0 Å². The van der Waals surface area contributed by atoms with Crippen LogP contribution in [0, 0.1) is 11.2 Å². The minimum absolute atomic E-state index is 0.0402. The van der Waals surface area contributed by atoms with E-state index in [4.69, 9.17) is 5.41 Å². The Labute approximate surface area is 69.5 Å². The molecule has 0 bridgehead atoms. The highest BCUT2D eigenvalue weighted by Crippen LogP contribution is 2.03. The summed E-state index contributed by atoms with van der Waals surface area (Å²) in [6, 6.07) is 5.15. The maximum Gasteiger partial charge on any atom is 0.206 e. The number of hydrogen-bond acceptors (Lipinski definition) is 2. The predicted octanol–water partition coefficient (Wildman–Crippen LogP) is 2.05. The molecule has 1 N–H and O–H groups in total. The van der Waals surface area contributed by atoms with Gasteiger partial charge in [0.2, 0.25) is 5.78 Å². The summed E-state index contributed by atoms with van der Waals surface area (Å²) in [7, 11) is 0. The monoisotopic (exact) mass is 165 g/mol. The molecule has 1 aromatic rings. The molecule has 0 aromatic heterocycles. The molecule has 2 nitrogen and oxygen atoms in total. The Kier molecular flexibility index (Phi) is 2.33. The van der Waals surface area contributed by atoms with Crippen molar-refractivity contribution >= 4 is 11.5 Å². The summed E-state index contributed by atoms with van der Waals surface area (Å²) in [5, 5.41) is 7.05. The Balaban J connectivity index is 2.98. The zero-order valence-corrected chi connectivity index (χ0v) is 6.60. The van der Waals surface area contributed by atoms with Gasteiger partial charge in [0.25, 0.3) is 0 Å². The number of nitrogens with one attached hydrogen (secondary N) is 1. The number of carbonyl (C=O) groups excluding carboxylic acids is 1. The molecular weight excluding hydrogens is 157 g/mol. The van der Waals surface area contributed by atoms with Crippen LogP contribution >= 0.6 is 0 Å². The van der Waals surface area contributed by atoms with Gasteiger partial charge in [0.05, 0.1) is 5.71 Å². The van der Waals surface area contributed by atoms with E-state index in [1.165, 1.54) is 31.2 Å². The Morgan fingerprint density at radius 3 is 2.25 bits per heavy atom. The molecule has 0 aliphatic rings. The molecule has 0 fully saturated rings. The zero-order valence-electron chi connectivity index (χ0n) is 6.60. The smallest absolute Gasteiger partial charge is 0.206 e. The quantitative estimate of drug-likeness (QED) is 0.528. The molecule has 0 amide bonds. The topological polar surface area (TPSA) is 40.9 Å². The van der Waals surface area contributed by atoms with Gasteiger partial charge in [-0.3, -0.25) is 4.79 Å². The summed E-state index contributed by atoms with van der Waals surface area (Å²) >= 11 is 0. The molecule has 0 heterocycles. The fourth-order valence-electron chi connectivity index (χ4n) is 0.818. The fraction of sp³-hybridized carbons (Fsp3) is 0.111. The molecule has 12 heavy (non-hydrogen) atoms. The van der Waals surface area contributed by atoms with Crippen LogP contribution < -0.4 is 0 Å². The first-order chi connectivity index (χ1) is 5.61. The number of Topliss-reactive ketones (excluding diaryl/α,β-unsaturated/α-hetero) is 1. The summed E-state index contributed by atoms with van der Waals surface area (Å²) < 4.78 is 12.4. The van der Waals surface area contributed by atoms with Crippen LogP contribution in [-0.4, -0.2) is 11.5 Å². The molecule has 62 valence electrons. The number of ketones is 1. The third-order valence-electron chi connectivity index (χ3n) is 1.45. The molecule has 0 atom stereocenters. The van der Waals surface area contributed by atoms with Crippen molar-refractivity contribution in [1.82, 2.24) is 0 Å². The van der Waals surface area contributed by atoms with Gasteiger partial charge in [-0.2, -0.15) is 0 Å². The Morgan fingerprint density at radius 2 is 1.83 bits per heavy atom.